The van der Waals surface area contributed by atoms with Crippen LogP contribution >= 0.6 is 0 Å². The number of allylic oxidation sites excluding steroid dienone is 4. The van der Waals surface area contributed by atoms with E-state index >= 15 is 0 Å². The van der Waals surface area contributed by atoms with Crippen molar-refractivity contribution in [1.82, 2.24) is 4.90 Å². The monoisotopic (exact) mass is 293 g/mol. The van der Waals surface area contributed by atoms with Gasteiger partial charge >= 0.3 is 12.1 Å². The van der Waals surface area contributed by atoms with Gasteiger partial charge in [-0.3, -0.25) is 0 Å². The number of ether oxygens (including phenoxy) is 1. The third-order valence-electron chi connectivity index (χ3n) is 2.78. The van der Waals surface area contributed by atoms with E-state index in [0.29, 0.717) is 0 Å². The van der Waals surface area contributed by atoms with Crippen molar-refractivity contribution in [3.05, 3.63) is 35.7 Å². The van der Waals surface area contributed by atoms with Crippen LogP contribution in [0.3, 0.4) is 0 Å². The molecule has 0 aromatic carbocycles. The number of carboxylic acids is 1. The molecule has 1 amide bonds. The second-order valence-corrected chi connectivity index (χ2v) is 5.87. The molecule has 0 radical (unpaired) electrons. The third kappa shape index (κ3) is 5.45. The van der Waals surface area contributed by atoms with Gasteiger partial charge < -0.3 is 9.84 Å². The molecule has 21 heavy (non-hydrogen) atoms. The molecule has 5 heteroatoms. The van der Waals surface area contributed by atoms with Crippen LogP contribution in [0.25, 0.3) is 0 Å². The van der Waals surface area contributed by atoms with Crippen LogP contribution in [0.1, 0.15) is 47.0 Å². The molecule has 1 aliphatic rings. The van der Waals surface area contributed by atoms with Crippen LogP contribution in [-0.2, 0) is 9.53 Å². The molecule has 0 aromatic rings. The minimum absolute atomic E-state index is 0.119. The SMILES string of the molecule is CCCCC1=CC=C(C(=O)O)N(C(=O)OC(C)(C)C)C=C1. The molecule has 1 N–H and O–H groups in total. The highest BCUT2D eigenvalue weighted by atomic mass is 16.6. The summed E-state index contributed by atoms with van der Waals surface area (Å²) in [5.74, 6) is -1.17. The fourth-order valence-electron chi connectivity index (χ4n) is 1.76. The number of nitrogens with zero attached hydrogens (tertiary/aromatic N) is 1. The lowest BCUT2D eigenvalue weighted by Gasteiger charge is -2.24. The van der Waals surface area contributed by atoms with Gasteiger partial charge in [0, 0.05) is 6.20 Å². The van der Waals surface area contributed by atoms with Crippen LogP contribution < -0.4 is 0 Å². The number of rotatable bonds is 4. The van der Waals surface area contributed by atoms with E-state index in [1.54, 1.807) is 32.9 Å². The molecule has 0 spiro atoms. The Bertz CT molecular complexity index is 495. The molecule has 5 nitrogen and oxygen atoms in total. The molecule has 0 atom stereocenters. The van der Waals surface area contributed by atoms with Crippen molar-refractivity contribution in [3.8, 4) is 0 Å². The fourth-order valence-corrected chi connectivity index (χ4v) is 1.76. The number of hydrogen-bond donors (Lipinski definition) is 1. The van der Waals surface area contributed by atoms with E-state index in [2.05, 4.69) is 6.92 Å². The molecule has 0 saturated carbocycles. The van der Waals surface area contributed by atoms with Gasteiger partial charge in [0.2, 0.25) is 0 Å². The van der Waals surface area contributed by atoms with Gasteiger partial charge in [0.15, 0.2) is 0 Å². The maximum Gasteiger partial charge on any atom is 0.419 e. The lowest BCUT2D eigenvalue weighted by Crippen LogP contribution is -2.35. The Labute approximate surface area is 125 Å². The number of carboxylic acid groups (broad SMARTS) is 1. The Morgan fingerprint density at radius 1 is 1.29 bits per heavy atom. The summed E-state index contributed by atoms with van der Waals surface area (Å²) < 4.78 is 5.24. The molecule has 1 rings (SSSR count). The van der Waals surface area contributed by atoms with E-state index in [1.807, 2.05) is 0 Å². The van der Waals surface area contributed by atoms with Crippen molar-refractivity contribution in [2.24, 2.45) is 0 Å². The van der Waals surface area contributed by atoms with Crippen molar-refractivity contribution in [3.63, 3.8) is 0 Å². The number of aliphatic carboxylic acids is 1. The lowest BCUT2D eigenvalue weighted by atomic mass is 10.1. The van der Waals surface area contributed by atoms with Crippen LogP contribution in [0.2, 0.25) is 0 Å². The summed E-state index contributed by atoms with van der Waals surface area (Å²) in [7, 11) is 0. The molecule has 0 fully saturated rings. The maximum atomic E-state index is 12.1. The van der Waals surface area contributed by atoms with Crippen molar-refractivity contribution in [2.75, 3.05) is 0 Å². The van der Waals surface area contributed by atoms with Gasteiger partial charge in [0.1, 0.15) is 11.3 Å². The molecule has 0 aromatic heterocycles. The highest BCUT2D eigenvalue weighted by Gasteiger charge is 2.27. The second-order valence-electron chi connectivity index (χ2n) is 5.87. The summed E-state index contributed by atoms with van der Waals surface area (Å²) in [5, 5.41) is 9.26. The minimum Gasteiger partial charge on any atom is -0.477 e. The van der Waals surface area contributed by atoms with E-state index in [-0.39, 0.29) is 5.70 Å². The number of amides is 1. The van der Waals surface area contributed by atoms with E-state index < -0.39 is 17.7 Å². The zero-order valence-corrected chi connectivity index (χ0v) is 13.0. The van der Waals surface area contributed by atoms with Crippen LogP contribution in [0, 0.1) is 0 Å². The molecule has 1 heterocycles. The number of unbranched alkanes of at least 4 members (excludes halogenated alkanes) is 1. The summed E-state index contributed by atoms with van der Waals surface area (Å²) in [4.78, 5) is 24.5. The van der Waals surface area contributed by atoms with Crippen LogP contribution in [0.15, 0.2) is 35.7 Å². The molecule has 116 valence electrons. The number of hydrogen-bond acceptors (Lipinski definition) is 3. The fraction of sp³-hybridized carbons (Fsp3) is 0.500. The number of carbonyl (C=O) groups is 2. The van der Waals surface area contributed by atoms with E-state index in [9.17, 15) is 14.7 Å². The van der Waals surface area contributed by atoms with Crippen molar-refractivity contribution in [2.45, 2.75) is 52.6 Å². The Morgan fingerprint density at radius 2 is 1.95 bits per heavy atom. The first-order valence-corrected chi connectivity index (χ1v) is 7.09. The first-order chi connectivity index (χ1) is 9.74. The predicted molar refractivity (Wildman–Crippen MR) is 80.5 cm³/mol. The smallest absolute Gasteiger partial charge is 0.419 e. The minimum atomic E-state index is -1.17. The zero-order valence-electron chi connectivity index (χ0n) is 13.0. The Morgan fingerprint density at radius 3 is 2.48 bits per heavy atom. The third-order valence-corrected chi connectivity index (χ3v) is 2.78. The largest absolute Gasteiger partial charge is 0.477 e. The molecule has 1 aliphatic heterocycles. The Hall–Kier alpha value is -2.04. The molecule has 0 saturated heterocycles. The maximum absolute atomic E-state index is 12.1. The highest BCUT2D eigenvalue weighted by Crippen LogP contribution is 2.20. The van der Waals surface area contributed by atoms with Crippen LogP contribution in [0.4, 0.5) is 4.79 Å². The van der Waals surface area contributed by atoms with Crippen molar-refractivity contribution >= 4 is 12.1 Å². The number of carbonyl (C=O) groups excluding carboxylic acids is 1. The topological polar surface area (TPSA) is 66.8 Å². The first kappa shape index (κ1) is 17.0. The summed E-state index contributed by atoms with van der Waals surface area (Å²) in [5.41, 5.74) is 0.188. The summed E-state index contributed by atoms with van der Waals surface area (Å²) in [6, 6.07) is 0. The van der Waals surface area contributed by atoms with Crippen molar-refractivity contribution < 1.29 is 19.4 Å². The zero-order chi connectivity index (χ0) is 16.0. The first-order valence-electron chi connectivity index (χ1n) is 7.09. The van der Waals surface area contributed by atoms with E-state index in [1.165, 1.54) is 12.3 Å². The van der Waals surface area contributed by atoms with Gasteiger partial charge in [0.05, 0.1) is 0 Å². The van der Waals surface area contributed by atoms with E-state index in [4.69, 9.17) is 4.74 Å². The van der Waals surface area contributed by atoms with Crippen LogP contribution in [-0.4, -0.2) is 27.7 Å². The standard InChI is InChI=1S/C16H23NO4/c1-5-6-7-12-8-9-13(14(18)19)17(11-10-12)15(20)21-16(2,3)4/h8-11H,5-7H2,1-4H3,(H,18,19). The normalized spacial score (nSPS) is 15.1. The second kappa shape index (κ2) is 7.11. The Balaban J connectivity index is 2.99. The Kier molecular flexibility index (Phi) is 5.76. The van der Waals surface area contributed by atoms with Gasteiger partial charge in [-0.1, -0.05) is 19.4 Å². The molecule has 0 bridgehead atoms. The average Bonchev–Trinajstić information content (AvgIpc) is 2.56. The van der Waals surface area contributed by atoms with Gasteiger partial charge in [0.25, 0.3) is 0 Å². The van der Waals surface area contributed by atoms with Gasteiger partial charge in [-0.25, -0.2) is 14.5 Å². The molecular weight excluding hydrogens is 270 g/mol. The lowest BCUT2D eigenvalue weighted by molar-refractivity contribution is -0.134. The van der Waals surface area contributed by atoms with Crippen LogP contribution in [0.5, 0.6) is 0 Å². The van der Waals surface area contributed by atoms with E-state index in [0.717, 1.165) is 29.7 Å². The summed E-state index contributed by atoms with van der Waals surface area (Å²) in [6.45, 7) is 7.30. The summed E-state index contributed by atoms with van der Waals surface area (Å²) in [6.07, 6.45) is 8.61. The quantitative estimate of drug-likeness (QED) is 0.855. The average molecular weight is 293 g/mol. The van der Waals surface area contributed by atoms with Crippen molar-refractivity contribution in [1.29, 1.82) is 0 Å². The predicted octanol–water partition coefficient (Wildman–Crippen LogP) is 3.84. The van der Waals surface area contributed by atoms with Gasteiger partial charge in [-0.05, 0) is 51.3 Å². The molecule has 0 unspecified atom stereocenters. The molecule has 0 aliphatic carbocycles. The highest BCUT2D eigenvalue weighted by molar-refractivity contribution is 5.92. The summed E-state index contributed by atoms with van der Waals surface area (Å²) >= 11 is 0. The van der Waals surface area contributed by atoms with Gasteiger partial charge in [-0.2, -0.15) is 0 Å². The van der Waals surface area contributed by atoms with Gasteiger partial charge in [-0.15, -0.1) is 0 Å². The molecular formula is C16H23NO4.